The number of hydrogen-bond acceptors (Lipinski definition) is 5. The molecule has 19 heavy (non-hydrogen) atoms. The molecule has 0 aliphatic rings. The number of esters is 1. The maximum Gasteiger partial charge on any atom is 0.308 e. The van der Waals surface area contributed by atoms with Crippen molar-refractivity contribution in [3.05, 3.63) is 36.5 Å². The van der Waals surface area contributed by atoms with Gasteiger partial charge in [0.15, 0.2) is 11.6 Å². The zero-order valence-electron chi connectivity index (χ0n) is 10.6. The highest BCUT2D eigenvalue weighted by molar-refractivity contribution is 5.69. The lowest BCUT2D eigenvalue weighted by molar-refractivity contribution is -0.141. The van der Waals surface area contributed by atoms with E-state index >= 15 is 0 Å². The smallest absolute Gasteiger partial charge is 0.308 e. The number of methoxy groups -OCH3 is 1. The van der Waals surface area contributed by atoms with Gasteiger partial charge in [-0.3, -0.25) is 4.79 Å². The molecule has 1 heterocycles. The average molecular weight is 261 g/mol. The molecule has 0 saturated carbocycles. The highest BCUT2D eigenvalue weighted by Crippen LogP contribution is 2.23. The average Bonchev–Trinajstić information content (AvgIpc) is 2.81. The summed E-state index contributed by atoms with van der Waals surface area (Å²) < 4.78 is 11.5. The Morgan fingerprint density at radius 2 is 2.11 bits per heavy atom. The third-order valence-electron chi connectivity index (χ3n) is 2.56. The van der Waals surface area contributed by atoms with Crippen LogP contribution in [-0.4, -0.2) is 29.5 Å². The Morgan fingerprint density at radius 1 is 1.37 bits per heavy atom. The van der Waals surface area contributed by atoms with Gasteiger partial charge in [0.1, 0.15) is 0 Å². The van der Waals surface area contributed by atoms with E-state index in [-0.39, 0.29) is 19.0 Å². The van der Waals surface area contributed by atoms with Crippen LogP contribution in [-0.2, 0) is 9.53 Å². The Balaban J connectivity index is 2.05. The molecule has 0 aliphatic carbocycles. The number of aromatic nitrogens is 2. The molecular weight excluding hydrogens is 246 g/mol. The van der Waals surface area contributed by atoms with Gasteiger partial charge in [0.25, 0.3) is 0 Å². The molecule has 0 saturated heterocycles. The highest BCUT2D eigenvalue weighted by atomic mass is 16.5. The Kier molecular flexibility index (Phi) is 4.02. The van der Waals surface area contributed by atoms with Crippen LogP contribution < -0.4 is 10.5 Å². The lowest BCUT2D eigenvalue weighted by Crippen LogP contribution is -2.08. The number of ether oxygens (including phenoxy) is 2. The maximum absolute atomic E-state index is 11.0. The van der Waals surface area contributed by atoms with E-state index < -0.39 is 0 Å². The number of benzene rings is 1. The zero-order valence-corrected chi connectivity index (χ0v) is 10.6. The molecule has 100 valence electrons. The van der Waals surface area contributed by atoms with E-state index in [0.717, 1.165) is 5.69 Å². The lowest BCUT2D eigenvalue weighted by atomic mass is 10.3. The summed E-state index contributed by atoms with van der Waals surface area (Å²) in [6.45, 7) is 0.206. The Morgan fingerprint density at radius 3 is 2.79 bits per heavy atom. The van der Waals surface area contributed by atoms with Crippen LogP contribution in [0.2, 0.25) is 0 Å². The lowest BCUT2D eigenvalue weighted by Gasteiger charge is -2.06. The van der Waals surface area contributed by atoms with Gasteiger partial charge in [-0.25, -0.2) is 4.68 Å². The van der Waals surface area contributed by atoms with Crippen LogP contribution in [0, 0.1) is 0 Å². The van der Waals surface area contributed by atoms with Gasteiger partial charge in [0.2, 0.25) is 0 Å². The van der Waals surface area contributed by atoms with Crippen molar-refractivity contribution in [1.29, 1.82) is 0 Å². The molecule has 0 unspecified atom stereocenters. The van der Waals surface area contributed by atoms with Gasteiger partial charge < -0.3 is 15.2 Å². The van der Waals surface area contributed by atoms with Gasteiger partial charge in [0, 0.05) is 0 Å². The van der Waals surface area contributed by atoms with Crippen molar-refractivity contribution in [2.45, 2.75) is 6.42 Å². The molecule has 0 fully saturated rings. The van der Waals surface area contributed by atoms with E-state index in [4.69, 9.17) is 10.5 Å². The quantitative estimate of drug-likeness (QED) is 0.823. The fourth-order valence-corrected chi connectivity index (χ4v) is 1.58. The van der Waals surface area contributed by atoms with Crippen molar-refractivity contribution >= 4 is 11.8 Å². The number of hydrogen-bond donors (Lipinski definition) is 1. The van der Waals surface area contributed by atoms with Gasteiger partial charge in [-0.1, -0.05) is 18.2 Å². The number of para-hydroxylation sites is 1. The molecule has 2 aromatic rings. The van der Waals surface area contributed by atoms with E-state index in [1.54, 1.807) is 4.68 Å². The van der Waals surface area contributed by atoms with Crippen molar-refractivity contribution in [2.24, 2.45) is 0 Å². The second-order valence-corrected chi connectivity index (χ2v) is 3.82. The number of nitrogen functional groups attached to an aromatic ring is 1. The molecule has 0 bridgehead atoms. The minimum absolute atomic E-state index is 0.173. The summed E-state index contributed by atoms with van der Waals surface area (Å²) in [5.41, 5.74) is 6.79. The summed E-state index contributed by atoms with van der Waals surface area (Å²) in [6, 6.07) is 9.49. The van der Waals surface area contributed by atoms with E-state index in [0.29, 0.717) is 11.6 Å². The molecule has 0 amide bonds. The fraction of sp³-hybridized carbons (Fsp3) is 0.231. The first kappa shape index (κ1) is 12.9. The molecule has 0 spiro atoms. The second-order valence-electron chi connectivity index (χ2n) is 3.82. The fourth-order valence-electron chi connectivity index (χ4n) is 1.58. The molecule has 2 N–H and O–H groups in total. The summed E-state index contributed by atoms with van der Waals surface area (Å²) >= 11 is 0. The van der Waals surface area contributed by atoms with Crippen molar-refractivity contribution in [2.75, 3.05) is 19.5 Å². The van der Waals surface area contributed by atoms with Crippen LogP contribution in [0.4, 0.5) is 5.82 Å². The summed E-state index contributed by atoms with van der Waals surface area (Å²) in [4.78, 5) is 11.0. The monoisotopic (exact) mass is 261 g/mol. The number of rotatable bonds is 5. The molecule has 1 aromatic heterocycles. The van der Waals surface area contributed by atoms with E-state index in [2.05, 4.69) is 9.84 Å². The maximum atomic E-state index is 11.0. The van der Waals surface area contributed by atoms with Gasteiger partial charge in [-0.15, -0.1) is 0 Å². The van der Waals surface area contributed by atoms with Crippen LogP contribution in [0.3, 0.4) is 0 Å². The first-order chi connectivity index (χ1) is 9.22. The highest BCUT2D eigenvalue weighted by Gasteiger charge is 2.10. The van der Waals surface area contributed by atoms with Crippen molar-refractivity contribution < 1.29 is 14.3 Å². The third-order valence-corrected chi connectivity index (χ3v) is 2.56. The van der Waals surface area contributed by atoms with Crippen molar-refractivity contribution in [3.63, 3.8) is 0 Å². The first-order valence-corrected chi connectivity index (χ1v) is 5.81. The van der Waals surface area contributed by atoms with Gasteiger partial charge in [-0.05, 0) is 12.1 Å². The number of nitrogens with zero attached hydrogens (tertiary/aromatic N) is 2. The van der Waals surface area contributed by atoms with E-state index in [1.807, 2.05) is 30.3 Å². The largest absolute Gasteiger partial charge is 0.487 e. The molecule has 0 aliphatic heterocycles. The Labute approximate surface area is 110 Å². The standard InChI is InChI=1S/C13H15N3O3/c1-18-12(17)7-8-19-11-9-15-16(13(11)14)10-5-3-2-4-6-10/h2-6,9H,7-8,14H2,1H3. The predicted octanol–water partition coefficient (Wildman–Crippen LogP) is 1.40. The number of nitrogens with two attached hydrogens (primary N) is 1. The Hall–Kier alpha value is -2.50. The van der Waals surface area contributed by atoms with Gasteiger partial charge in [0.05, 0.1) is 32.0 Å². The molecular formula is C13H15N3O3. The predicted molar refractivity (Wildman–Crippen MR) is 70.1 cm³/mol. The Bertz CT molecular complexity index is 552. The van der Waals surface area contributed by atoms with E-state index in [9.17, 15) is 4.79 Å². The normalized spacial score (nSPS) is 10.2. The van der Waals surface area contributed by atoms with Crippen molar-refractivity contribution in [1.82, 2.24) is 9.78 Å². The minimum atomic E-state index is -0.325. The van der Waals surface area contributed by atoms with Crippen LogP contribution in [0.15, 0.2) is 36.5 Å². The topological polar surface area (TPSA) is 79.4 Å². The van der Waals surface area contributed by atoms with Crippen LogP contribution >= 0.6 is 0 Å². The van der Waals surface area contributed by atoms with Crippen LogP contribution in [0.25, 0.3) is 5.69 Å². The summed E-state index contributed by atoms with van der Waals surface area (Å²) in [5, 5.41) is 4.15. The molecule has 2 rings (SSSR count). The molecule has 0 radical (unpaired) electrons. The van der Waals surface area contributed by atoms with Crippen LogP contribution in [0.1, 0.15) is 6.42 Å². The molecule has 0 atom stereocenters. The molecule has 6 nitrogen and oxygen atoms in total. The first-order valence-electron chi connectivity index (χ1n) is 5.81. The SMILES string of the molecule is COC(=O)CCOc1cnn(-c2ccccc2)c1N. The summed E-state index contributed by atoms with van der Waals surface area (Å²) in [5.74, 6) is 0.526. The third kappa shape index (κ3) is 3.04. The second kappa shape index (κ2) is 5.90. The summed E-state index contributed by atoms with van der Waals surface area (Å²) in [7, 11) is 1.34. The number of carbonyl (C=O) groups is 1. The summed E-state index contributed by atoms with van der Waals surface area (Å²) in [6.07, 6.45) is 1.70. The minimum Gasteiger partial charge on any atom is -0.487 e. The van der Waals surface area contributed by atoms with Crippen LogP contribution in [0.5, 0.6) is 5.75 Å². The molecule has 1 aromatic carbocycles. The number of anilines is 1. The molecule has 6 heteroatoms. The zero-order chi connectivity index (χ0) is 13.7. The van der Waals surface area contributed by atoms with Crippen molar-refractivity contribution in [3.8, 4) is 11.4 Å². The van der Waals surface area contributed by atoms with Gasteiger partial charge >= 0.3 is 5.97 Å². The number of carbonyl (C=O) groups excluding carboxylic acids is 1. The van der Waals surface area contributed by atoms with Gasteiger partial charge in [-0.2, -0.15) is 5.10 Å². The van der Waals surface area contributed by atoms with E-state index in [1.165, 1.54) is 13.3 Å².